The molecule has 13 N–H and O–H groups in total. The van der Waals surface area contributed by atoms with Crippen molar-refractivity contribution in [2.45, 2.75) is 158 Å². The van der Waals surface area contributed by atoms with Gasteiger partial charge in [0.25, 0.3) is 17.7 Å². The number of esters is 1. The Morgan fingerprint density at radius 1 is 0.605 bits per heavy atom. The number of nitrogens with zero attached hydrogens (tertiary/aromatic N) is 4. The first kappa shape index (κ1) is 65.6. The number of hydrogen-bond donors (Lipinski definition) is 13. The van der Waals surface area contributed by atoms with Gasteiger partial charge in [0, 0.05) is 50.7 Å². The van der Waals surface area contributed by atoms with Crippen LogP contribution in [0.3, 0.4) is 0 Å². The van der Waals surface area contributed by atoms with Crippen LogP contribution in [-0.2, 0) is 52.5 Å². The highest BCUT2D eigenvalue weighted by Crippen LogP contribution is 2.24. The number of carbonyl (C=O) groups excluding carboxylic acids is 6. The molecule has 0 radical (unpaired) electrons. The van der Waals surface area contributed by atoms with Gasteiger partial charge in [-0.3, -0.25) is 39.6 Å². The predicted octanol–water partition coefficient (Wildman–Crippen LogP) is -3.91. The fourth-order valence-electron chi connectivity index (χ4n) is 7.98. The van der Waals surface area contributed by atoms with Crippen LogP contribution in [0.2, 0.25) is 0 Å². The summed E-state index contributed by atoms with van der Waals surface area (Å²) in [5.74, 6) is -4.28. The van der Waals surface area contributed by atoms with Gasteiger partial charge in [0.1, 0.15) is 60.9 Å². The Balaban J connectivity index is 1.32. The molecule has 0 aromatic heterocycles. The van der Waals surface area contributed by atoms with E-state index in [1.165, 1.54) is 14.1 Å². The van der Waals surface area contributed by atoms with Crippen LogP contribution < -0.4 is 10.6 Å². The van der Waals surface area contributed by atoms with E-state index in [1.54, 1.807) is 20.8 Å². The second-order valence-corrected chi connectivity index (χ2v) is 19.4. The molecule has 0 aromatic rings. The average molecular weight is 1100 g/mol. The first-order valence-electron chi connectivity index (χ1n) is 24.9. The van der Waals surface area contributed by atoms with Crippen LogP contribution in [0.5, 0.6) is 0 Å². The number of aliphatic hydroxyl groups excluding tert-OH is 8. The summed E-state index contributed by atoms with van der Waals surface area (Å²) in [5.41, 5.74) is 1.33. The molecule has 13 unspecified atom stereocenters. The Labute approximate surface area is 439 Å². The molecule has 13 atom stereocenters. The van der Waals surface area contributed by atoms with Gasteiger partial charge in [0.15, 0.2) is 18.6 Å². The number of rotatable bonds is 30. The largest absolute Gasteiger partial charge is 0.633 e. The van der Waals surface area contributed by atoms with Crippen LogP contribution in [0, 0.1) is 5.21 Å². The number of ether oxygens (including phenoxy) is 5. The van der Waals surface area contributed by atoms with Gasteiger partial charge < -0.3 is 85.0 Å². The molecule has 434 valence electrons. The molecule has 76 heavy (non-hydrogen) atoms. The zero-order valence-electron chi connectivity index (χ0n) is 43.4. The van der Waals surface area contributed by atoms with Crippen LogP contribution in [0.15, 0.2) is 34.9 Å². The maximum Gasteiger partial charge on any atom is 0.365 e. The van der Waals surface area contributed by atoms with Crippen molar-refractivity contribution in [2.24, 2.45) is 0 Å². The quantitative estimate of drug-likeness (QED) is 0.0107. The number of carbonyl (C=O) groups is 6. The molecule has 3 saturated heterocycles. The Morgan fingerprint density at radius 2 is 0.961 bits per heavy atom. The molecule has 0 bridgehead atoms. The molecule has 5 amide bonds. The van der Waals surface area contributed by atoms with Crippen molar-refractivity contribution in [1.29, 1.82) is 0 Å². The first-order valence-corrected chi connectivity index (χ1v) is 24.9. The number of piperazine rings is 1. The Morgan fingerprint density at radius 3 is 1.32 bits per heavy atom. The molecule has 29 heteroatoms. The van der Waals surface area contributed by atoms with E-state index in [4.69, 9.17) is 23.7 Å². The number of amides is 5. The summed E-state index contributed by atoms with van der Waals surface area (Å²) in [4.78, 5) is 76.4. The van der Waals surface area contributed by atoms with Gasteiger partial charge in [-0.2, -0.15) is 0 Å². The third-order valence-electron chi connectivity index (χ3n) is 12.7. The molecule has 0 aromatic carbocycles. The van der Waals surface area contributed by atoms with Crippen LogP contribution in [0.25, 0.3) is 0 Å². The molecule has 0 aliphatic carbocycles. The van der Waals surface area contributed by atoms with E-state index < -0.39 is 133 Å². The summed E-state index contributed by atoms with van der Waals surface area (Å²) >= 11 is 0. The summed E-state index contributed by atoms with van der Waals surface area (Å²) < 4.78 is 25.6. The summed E-state index contributed by atoms with van der Waals surface area (Å²) in [6.07, 6.45) is -10.5. The van der Waals surface area contributed by atoms with Crippen LogP contribution in [0.1, 0.15) is 78.6 Å². The van der Waals surface area contributed by atoms with Crippen molar-refractivity contribution < 1.29 is 114 Å². The SMILES string of the molecule is CC(=CC(=O)N(O)CCCC1NC(=O)C(CCCN(O)C(=O)C=C(C)CCOC2OC(CO)C(O)C(O)C2O)NC1=O)CCOC(=O)C(CCCN(O)C(=O)C=C(C)CCOC1OC(CO)C(O)C(O)C1O)[N+](C)(C)[O-]. The van der Waals surface area contributed by atoms with Crippen molar-refractivity contribution in [3.8, 4) is 0 Å². The van der Waals surface area contributed by atoms with Crippen LogP contribution >= 0.6 is 0 Å². The van der Waals surface area contributed by atoms with Crippen LogP contribution in [-0.4, -0.2) is 258 Å². The second-order valence-electron chi connectivity index (χ2n) is 19.4. The lowest BCUT2D eigenvalue weighted by atomic mass is 9.99. The fraction of sp³-hybridized carbons (Fsp3) is 0.745. The highest BCUT2D eigenvalue weighted by molar-refractivity contribution is 5.97. The minimum atomic E-state index is -1.62. The smallest absolute Gasteiger partial charge is 0.365 e. The summed E-state index contributed by atoms with van der Waals surface area (Å²) in [6, 6.07) is -3.17. The maximum absolute atomic E-state index is 13.0. The normalized spacial score (nSPS) is 28.0. The maximum atomic E-state index is 13.0. The monoisotopic (exact) mass is 1090 g/mol. The van der Waals surface area contributed by atoms with Crippen molar-refractivity contribution in [3.05, 3.63) is 40.2 Å². The number of likely N-dealkylation sites (N-methyl/N-ethyl adjacent to an activating group) is 1. The van der Waals surface area contributed by atoms with Gasteiger partial charge in [-0.25, -0.2) is 20.0 Å². The third-order valence-corrected chi connectivity index (χ3v) is 12.7. The topological polar surface area (TPSA) is 428 Å². The number of nitrogens with one attached hydrogen (secondary N) is 2. The lowest BCUT2D eigenvalue weighted by Crippen LogP contribution is -2.61. The number of quaternary nitrogens is 1. The molecular weight excluding hydrogens is 1020 g/mol. The molecule has 3 aliphatic rings. The molecule has 3 fully saturated rings. The van der Waals surface area contributed by atoms with E-state index >= 15 is 0 Å². The van der Waals surface area contributed by atoms with Gasteiger partial charge in [0.05, 0.1) is 47.1 Å². The summed E-state index contributed by atoms with van der Waals surface area (Å²) in [5, 5.41) is 129. The average Bonchev–Trinajstić information content (AvgIpc) is 3.35. The van der Waals surface area contributed by atoms with E-state index in [0.29, 0.717) is 31.9 Å². The van der Waals surface area contributed by atoms with Crippen molar-refractivity contribution in [2.75, 3.05) is 66.8 Å². The highest BCUT2D eigenvalue weighted by Gasteiger charge is 2.45. The number of hydrogen-bond acceptors (Lipinski definition) is 23. The minimum Gasteiger partial charge on any atom is -0.633 e. The first-order chi connectivity index (χ1) is 35.7. The van der Waals surface area contributed by atoms with Crippen LogP contribution in [0.4, 0.5) is 0 Å². The van der Waals surface area contributed by atoms with Gasteiger partial charge in [-0.15, -0.1) is 0 Å². The Kier molecular flexibility index (Phi) is 27.4. The van der Waals surface area contributed by atoms with Crippen molar-refractivity contribution in [3.63, 3.8) is 0 Å². The van der Waals surface area contributed by atoms with Gasteiger partial charge in [-0.1, -0.05) is 16.7 Å². The molecule has 0 spiro atoms. The summed E-state index contributed by atoms with van der Waals surface area (Å²) in [7, 11) is 2.45. The number of aliphatic hydroxyl groups is 8. The second kappa shape index (κ2) is 31.7. The standard InChI is InChI=1S/C47H78N6O23/c1-26(12-18-72-45(67)31(53(4,5)71)11-8-17-52(70)36(58)23-28(3)14-20-74-47-42(64)40(62)38(60)33(25-55)76-47)21-34(56)50(68)15-6-9-29-43(65)49-30(44(66)48-29)10-7-16-51(69)35(57)22-27(2)13-19-73-46-41(63)39(61)37(59)32(24-54)75-46/h21-23,29-33,37-42,46-47,54-55,59-64,68-70H,6-20,24-25H2,1-5H3,(H,48,66)(H,49,65). The van der Waals surface area contributed by atoms with Gasteiger partial charge >= 0.3 is 5.97 Å². The molecular formula is C47H78N6O23. The minimum absolute atomic E-state index is 0.0241. The van der Waals surface area contributed by atoms with Crippen molar-refractivity contribution >= 4 is 35.5 Å². The third kappa shape index (κ3) is 20.6. The Hall–Kier alpha value is -4.64. The summed E-state index contributed by atoms with van der Waals surface area (Å²) in [6.45, 7) is 2.39. The zero-order valence-corrected chi connectivity index (χ0v) is 43.4. The lowest BCUT2D eigenvalue weighted by Gasteiger charge is -2.40. The van der Waals surface area contributed by atoms with E-state index in [2.05, 4.69) is 10.6 Å². The van der Waals surface area contributed by atoms with E-state index in [-0.39, 0.29) is 97.2 Å². The number of hydroxylamine groups is 9. The van der Waals surface area contributed by atoms with Crippen molar-refractivity contribution in [1.82, 2.24) is 25.8 Å². The molecule has 3 aliphatic heterocycles. The van der Waals surface area contributed by atoms with E-state index in [1.807, 2.05) is 0 Å². The van der Waals surface area contributed by atoms with Gasteiger partial charge in [0.2, 0.25) is 11.8 Å². The molecule has 29 nitrogen and oxygen atoms in total. The van der Waals surface area contributed by atoms with Gasteiger partial charge in [-0.05, 0) is 65.7 Å². The fourth-order valence-corrected chi connectivity index (χ4v) is 7.98. The molecule has 0 saturated carbocycles. The highest BCUT2D eigenvalue weighted by atomic mass is 16.7. The van der Waals surface area contributed by atoms with E-state index in [9.17, 15) is 90.4 Å². The lowest BCUT2D eigenvalue weighted by molar-refractivity contribution is -0.858. The Bertz CT molecular complexity index is 2000. The molecule has 3 rings (SSSR count). The van der Waals surface area contributed by atoms with E-state index in [0.717, 1.165) is 18.2 Å². The molecule has 3 heterocycles. The predicted molar refractivity (Wildman–Crippen MR) is 257 cm³/mol. The zero-order chi connectivity index (χ0) is 57.0.